The number of ketones is 1. The molecule has 0 aliphatic rings. The summed E-state index contributed by atoms with van der Waals surface area (Å²) >= 11 is 0. The Morgan fingerprint density at radius 1 is 0.805 bits per heavy atom. The Bertz CT molecular complexity index is 1060. The van der Waals surface area contributed by atoms with Crippen molar-refractivity contribution in [3.63, 3.8) is 0 Å². The first kappa shape index (κ1) is 37.2. The molecule has 0 amide bonds. The van der Waals surface area contributed by atoms with Gasteiger partial charge in [0.05, 0.1) is 17.8 Å². The van der Waals surface area contributed by atoms with Crippen LogP contribution in [0.1, 0.15) is 86.5 Å². The quantitative estimate of drug-likeness (QED) is 0.128. The van der Waals surface area contributed by atoms with Crippen LogP contribution in [0.4, 0.5) is 0 Å². The molecule has 7 heteroatoms. The molecule has 0 aliphatic carbocycles. The Hall–Kier alpha value is -1.81. The number of hydrogen-bond donors (Lipinski definition) is 0. The van der Waals surface area contributed by atoms with E-state index in [1.165, 1.54) is 5.57 Å². The average molecular weight is 603 g/mol. The fraction of sp³-hybridized carbons (Fsp3) is 0.647. The van der Waals surface area contributed by atoms with E-state index in [2.05, 4.69) is 101 Å². The average Bonchev–Trinajstić information content (AvgIpc) is 2.87. The zero-order chi connectivity index (χ0) is 32.0. The fourth-order valence-corrected chi connectivity index (χ4v) is 6.58. The number of benzene rings is 1. The Morgan fingerprint density at radius 2 is 1.29 bits per heavy atom. The van der Waals surface area contributed by atoms with E-state index >= 15 is 0 Å². The summed E-state index contributed by atoms with van der Waals surface area (Å²) in [6.45, 7) is 32.2. The van der Waals surface area contributed by atoms with Crippen LogP contribution < -0.4 is 0 Å². The zero-order valence-corrected chi connectivity index (χ0v) is 30.5. The van der Waals surface area contributed by atoms with Crippen molar-refractivity contribution in [2.75, 3.05) is 0 Å². The highest BCUT2D eigenvalue weighted by Gasteiger charge is 2.42. The summed E-state index contributed by atoms with van der Waals surface area (Å²) in [7, 11) is -4.26. The highest BCUT2D eigenvalue weighted by Crippen LogP contribution is 2.40. The van der Waals surface area contributed by atoms with Crippen molar-refractivity contribution in [2.24, 2.45) is 11.8 Å². The van der Waals surface area contributed by atoms with Gasteiger partial charge in [-0.25, -0.2) is 4.79 Å². The number of allylic oxidation sites excluding steroid dienone is 1. The van der Waals surface area contributed by atoms with Crippen LogP contribution >= 0.6 is 0 Å². The summed E-state index contributed by atoms with van der Waals surface area (Å²) in [5.74, 6) is -1.10. The normalized spacial score (nSPS) is 17.6. The molecule has 1 aromatic carbocycles. The Kier molecular flexibility index (Phi) is 13.2. The molecule has 5 atom stereocenters. The predicted molar refractivity (Wildman–Crippen MR) is 177 cm³/mol. The van der Waals surface area contributed by atoms with Gasteiger partial charge in [-0.1, -0.05) is 91.8 Å². The van der Waals surface area contributed by atoms with Gasteiger partial charge in [0.25, 0.3) is 0 Å². The standard InChI is InChI=1S/C34H58O5Si2/c1-16-24(2)31(39-41(14,15)34(9,10)11)25(3)22-23-29(38-40(12,13)33(6,7)8)26(4)30(35)27(5)37-32(36)28-20-18-17-19-21-28/h16-23,25-27,29,31H,1-15H3/b23-22+,24-16+/t25-,26+,27-,29+,31+/m0/s1. The molecule has 5 nitrogen and oxygen atoms in total. The number of carbonyl (C=O) groups excluding carboxylic acids is 2. The second-order valence-electron chi connectivity index (χ2n) is 14.5. The Morgan fingerprint density at radius 3 is 1.76 bits per heavy atom. The summed E-state index contributed by atoms with van der Waals surface area (Å²) in [5.41, 5.74) is 1.62. The van der Waals surface area contributed by atoms with Gasteiger partial charge in [0.2, 0.25) is 0 Å². The molecule has 0 saturated carbocycles. The minimum atomic E-state index is -2.23. The van der Waals surface area contributed by atoms with Gasteiger partial charge in [-0.15, -0.1) is 0 Å². The van der Waals surface area contributed by atoms with Crippen molar-refractivity contribution in [3.8, 4) is 0 Å². The third-order valence-electron chi connectivity index (χ3n) is 9.09. The molecule has 0 bridgehead atoms. The van der Waals surface area contributed by atoms with Gasteiger partial charge in [-0.3, -0.25) is 4.79 Å². The predicted octanol–water partition coefficient (Wildman–Crippen LogP) is 9.38. The molecular weight excluding hydrogens is 545 g/mol. The molecule has 0 heterocycles. The van der Waals surface area contributed by atoms with Gasteiger partial charge in [-0.05, 0) is 74.7 Å². The molecule has 1 aromatic rings. The van der Waals surface area contributed by atoms with Crippen molar-refractivity contribution in [1.29, 1.82) is 0 Å². The molecule has 0 aromatic heterocycles. The first-order chi connectivity index (χ1) is 18.6. The largest absolute Gasteiger partial charge is 0.451 e. The highest BCUT2D eigenvalue weighted by molar-refractivity contribution is 6.74. The molecule has 0 unspecified atom stereocenters. The maximum absolute atomic E-state index is 13.6. The van der Waals surface area contributed by atoms with E-state index in [0.29, 0.717) is 5.56 Å². The second kappa shape index (κ2) is 14.6. The van der Waals surface area contributed by atoms with Gasteiger partial charge in [0.15, 0.2) is 28.5 Å². The summed E-state index contributed by atoms with van der Waals surface area (Å²) in [6.07, 6.45) is 4.90. The topological polar surface area (TPSA) is 61.8 Å². The Balaban J connectivity index is 3.33. The fourth-order valence-electron chi connectivity index (χ4n) is 3.88. The molecule has 0 aliphatic heterocycles. The van der Waals surface area contributed by atoms with E-state index < -0.39 is 40.7 Å². The minimum absolute atomic E-state index is 0.0334. The smallest absolute Gasteiger partial charge is 0.338 e. The van der Waals surface area contributed by atoms with Crippen LogP contribution in [0.2, 0.25) is 36.3 Å². The molecular formula is C34H58O5Si2. The van der Waals surface area contributed by atoms with Crippen LogP contribution in [0.15, 0.2) is 54.1 Å². The van der Waals surface area contributed by atoms with Gasteiger partial charge in [0, 0.05) is 11.8 Å². The molecule has 0 saturated heterocycles. The van der Waals surface area contributed by atoms with Crippen molar-refractivity contribution in [3.05, 3.63) is 59.7 Å². The minimum Gasteiger partial charge on any atom is -0.451 e. The van der Waals surface area contributed by atoms with Gasteiger partial charge in [0.1, 0.15) is 0 Å². The summed E-state index contributed by atoms with van der Waals surface area (Å²) < 4.78 is 19.3. The van der Waals surface area contributed by atoms with E-state index in [1.807, 2.05) is 19.1 Å². The number of carbonyl (C=O) groups is 2. The first-order valence-electron chi connectivity index (χ1n) is 15.0. The van der Waals surface area contributed by atoms with Gasteiger partial charge < -0.3 is 13.6 Å². The molecule has 0 radical (unpaired) electrons. The van der Waals surface area contributed by atoms with E-state index in [-0.39, 0.29) is 27.9 Å². The van der Waals surface area contributed by atoms with Crippen LogP contribution in [0, 0.1) is 11.8 Å². The maximum Gasteiger partial charge on any atom is 0.338 e. The van der Waals surface area contributed by atoms with Crippen LogP contribution in [-0.4, -0.2) is 46.7 Å². The third kappa shape index (κ3) is 10.5. The number of ether oxygens (including phenoxy) is 1. The van der Waals surface area contributed by atoms with E-state index in [0.717, 1.165) is 0 Å². The van der Waals surface area contributed by atoms with Crippen LogP contribution in [-0.2, 0) is 18.4 Å². The summed E-state index contributed by atoms with van der Waals surface area (Å²) in [6, 6.07) is 8.76. The second-order valence-corrected chi connectivity index (χ2v) is 24.0. The lowest BCUT2D eigenvalue weighted by molar-refractivity contribution is -0.132. The molecule has 232 valence electrons. The third-order valence-corrected chi connectivity index (χ3v) is 18.0. The van der Waals surface area contributed by atoms with Crippen molar-refractivity contribution in [1.82, 2.24) is 0 Å². The number of hydrogen-bond acceptors (Lipinski definition) is 5. The molecule has 0 spiro atoms. The van der Waals surface area contributed by atoms with Crippen LogP contribution in [0.3, 0.4) is 0 Å². The van der Waals surface area contributed by atoms with Gasteiger partial charge >= 0.3 is 5.97 Å². The van der Waals surface area contributed by atoms with Crippen LogP contribution in [0.25, 0.3) is 0 Å². The number of Topliss-reactive ketones (excluding diaryl/α,β-unsaturated/α-hetero) is 1. The van der Waals surface area contributed by atoms with Gasteiger partial charge in [-0.2, -0.15) is 0 Å². The first-order valence-corrected chi connectivity index (χ1v) is 20.8. The summed E-state index contributed by atoms with van der Waals surface area (Å²) in [5, 5.41) is 0.0549. The molecule has 0 N–H and O–H groups in total. The zero-order valence-electron chi connectivity index (χ0n) is 28.5. The lowest BCUT2D eigenvalue weighted by Gasteiger charge is -2.41. The monoisotopic (exact) mass is 602 g/mol. The SMILES string of the molecule is C/C=C(\C)[C@@H](O[Si](C)(C)C(C)(C)C)[C@@H](C)/C=C/[C@@H](O[Si](C)(C)C(C)(C)C)[C@@H](C)C(=O)[C@H](C)OC(=O)c1ccccc1. The van der Waals surface area contributed by atoms with Crippen molar-refractivity contribution in [2.45, 2.75) is 131 Å². The lowest BCUT2D eigenvalue weighted by atomic mass is 9.93. The highest BCUT2D eigenvalue weighted by atomic mass is 28.4. The van der Waals surface area contributed by atoms with E-state index in [4.69, 9.17) is 13.6 Å². The van der Waals surface area contributed by atoms with Crippen LogP contribution in [0.5, 0.6) is 0 Å². The Labute approximate surface area is 253 Å². The van der Waals surface area contributed by atoms with Crippen molar-refractivity contribution >= 4 is 28.4 Å². The lowest BCUT2D eigenvalue weighted by Crippen LogP contribution is -2.47. The molecule has 1 rings (SSSR count). The number of rotatable bonds is 13. The number of esters is 1. The van der Waals surface area contributed by atoms with Crippen molar-refractivity contribution < 1.29 is 23.2 Å². The van der Waals surface area contributed by atoms with E-state index in [9.17, 15) is 9.59 Å². The molecule has 0 fully saturated rings. The maximum atomic E-state index is 13.6. The molecule has 41 heavy (non-hydrogen) atoms. The summed E-state index contributed by atoms with van der Waals surface area (Å²) in [4.78, 5) is 26.3. The van der Waals surface area contributed by atoms with E-state index in [1.54, 1.807) is 31.2 Å².